The maximum Gasteiger partial charge on any atom is 0.200 e. The van der Waals surface area contributed by atoms with Crippen LogP contribution in [-0.2, 0) is 4.84 Å². The molecule has 5 nitrogen and oxygen atoms in total. The van der Waals surface area contributed by atoms with Crippen molar-refractivity contribution in [1.29, 1.82) is 0 Å². The van der Waals surface area contributed by atoms with Crippen molar-refractivity contribution >= 4 is 6.21 Å². The molecule has 0 unspecified atom stereocenters. The van der Waals surface area contributed by atoms with Crippen LogP contribution in [0.1, 0.15) is 12.5 Å². The molecule has 1 rings (SSSR count). The number of aromatic hydroxyl groups is 3. The van der Waals surface area contributed by atoms with E-state index in [-0.39, 0.29) is 0 Å². The van der Waals surface area contributed by atoms with Crippen LogP contribution < -0.4 is 0 Å². The van der Waals surface area contributed by atoms with Crippen LogP contribution >= 0.6 is 0 Å². The largest absolute Gasteiger partial charge is 0.504 e. The molecule has 0 aliphatic carbocycles. The van der Waals surface area contributed by atoms with Gasteiger partial charge in [-0.2, -0.15) is 0 Å². The van der Waals surface area contributed by atoms with Crippen LogP contribution in [-0.4, -0.2) is 28.1 Å². The molecular formula is C9H11NO4. The van der Waals surface area contributed by atoms with E-state index in [0.29, 0.717) is 12.2 Å². The molecule has 76 valence electrons. The van der Waals surface area contributed by atoms with Gasteiger partial charge in [0.05, 0.1) is 6.21 Å². The zero-order chi connectivity index (χ0) is 10.6. The Bertz CT molecular complexity index is 326. The fourth-order valence-corrected chi connectivity index (χ4v) is 0.873. The molecule has 0 spiro atoms. The molecule has 5 heteroatoms. The smallest absolute Gasteiger partial charge is 0.200 e. The van der Waals surface area contributed by atoms with Crippen LogP contribution in [0, 0.1) is 0 Å². The first-order chi connectivity index (χ1) is 6.65. The molecule has 1 aromatic carbocycles. The first-order valence-corrected chi connectivity index (χ1v) is 4.05. The Balaban J connectivity index is 2.89. The van der Waals surface area contributed by atoms with Gasteiger partial charge in [0.15, 0.2) is 17.2 Å². The van der Waals surface area contributed by atoms with Gasteiger partial charge >= 0.3 is 0 Å². The molecule has 0 bridgehead atoms. The predicted molar refractivity (Wildman–Crippen MR) is 50.7 cm³/mol. The third-order valence-corrected chi connectivity index (χ3v) is 1.50. The van der Waals surface area contributed by atoms with Crippen LogP contribution in [0.25, 0.3) is 0 Å². The molecule has 0 aromatic heterocycles. The number of hydrogen-bond donors (Lipinski definition) is 3. The third kappa shape index (κ3) is 2.29. The maximum absolute atomic E-state index is 9.12. The topological polar surface area (TPSA) is 82.3 Å². The average molecular weight is 197 g/mol. The molecular weight excluding hydrogens is 186 g/mol. The highest BCUT2D eigenvalue weighted by atomic mass is 16.6. The van der Waals surface area contributed by atoms with Gasteiger partial charge < -0.3 is 20.2 Å². The lowest BCUT2D eigenvalue weighted by Crippen LogP contribution is -1.84. The van der Waals surface area contributed by atoms with Gasteiger partial charge in [-0.1, -0.05) is 5.16 Å². The fraction of sp³-hybridized carbons (Fsp3) is 0.222. The summed E-state index contributed by atoms with van der Waals surface area (Å²) in [4.78, 5) is 4.69. The van der Waals surface area contributed by atoms with Gasteiger partial charge in [0, 0.05) is 5.56 Å². The summed E-state index contributed by atoms with van der Waals surface area (Å²) < 4.78 is 0. The molecule has 0 saturated carbocycles. The molecule has 14 heavy (non-hydrogen) atoms. The van der Waals surface area contributed by atoms with Crippen molar-refractivity contribution in [2.45, 2.75) is 6.92 Å². The minimum absolute atomic E-state index is 0.400. The van der Waals surface area contributed by atoms with E-state index >= 15 is 0 Å². The number of nitrogens with zero attached hydrogens (tertiary/aromatic N) is 1. The lowest BCUT2D eigenvalue weighted by molar-refractivity contribution is 0.160. The van der Waals surface area contributed by atoms with Crippen molar-refractivity contribution in [2.24, 2.45) is 5.16 Å². The molecule has 0 aliphatic rings. The Kier molecular flexibility index (Phi) is 3.17. The Hall–Kier alpha value is -1.91. The summed E-state index contributed by atoms with van der Waals surface area (Å²) >= 11 is 0. The zero-order valence-corrected chi connectivity index (χ0v) is 7.64. The minimum Gasteiger partial charge on any atom is -0.504 e. The number of phenolic OH excluding ortho intramolecular Hbond substituents is 3. The summed E-state index contributed by atoms with van der Waals surface area (Å²) in [5.41, 5.74) is 0.436. The average Bonchev–Trinajstić information content (AvgIpc) is 2.14. The normalized spacial score (nSPS) is 10.6. The van der Waals surface area contributed by atoms with E-state index in [4.69, 9.17) is 20.2 Å². The minimum atomic E-state index is -0.543. The van der Waals surface area contributed by atoms with E-state index in [0.717, 1.165) is 0 Å². The molecule has 1 aromatic rings. The number of rotatable bonds is 3. The number of hydrogen-bond acceptors (Lipinski definition) is 5. The van der Waals surface area contributed by atoms with Gasteiger partial charge in [0.1, 0.15) is 6.61 Å². The van der Waals surface area contributed by atoms with E-state index in [9.17, 15) is 0 Å². The highest BCUT2D eigenvalue weighted by molar-refractivity contribution is 5.81. The van der Waals surface area contributed by atoms with E-state index in [1.165, 1.54) is 18.3 Å². The van der Waals surface area contributed by atoms with Crippen LogP contribution in [0.4, 0.5) is 0 Å². The number of phenols is 3. The monoisotopic (exact) mass is 197 g/mol. The first kappa shape index (κ1) is 10.2. The highest BCUT2D eigenvalue weighted by Crippen LogP contribution is 2.34. The molecule has 0 fully saturated rings. The van der Waals surface area contributed by atoms with Crippen LogP contribution in [0.2, 0.25) is 0 Å². The molecule has 0 aliphatic heterocycles. The van der Waals surface area contributed by atoms with Gasteiger partial charge in [-0.05, 0) is 19.1 Å². The van der Waals surface area contributed by atoms with Gasteiger partial charge in [-0.15, -0.1) is 0 Å². The van der Waals surface area contributed by atoms with E-state index in [1.54, 1.807) is 6.92 Å². The SMILES string of the molecule is CCO/N=C/c1cc(O)c(O)c(O)c1. The summed E-state index contributed by atoms with van der Waals surface area (Å²) in [5, 5.41) is 30.8. The van der Waals surface area contributed by atoms with Crippen molar-refractivity contribution < 1.29 is 20.2 Å². The number of oxime groups is 1. The third-order valence-electron chi connectivity index (χ3n) is 1.50. The lowest BCUT2D eigenvalue weighted by atomic mass is 10.2. The zero-order valence-electron chi connectivity index (χ0n) is 7.64. The van der Waals surface area contributed by atoms with Gasteiger partial charge in [0.2, 0.25) is 0 Å². The first-order valence-electron chi connectivity index (χ1n) is 4.05. The quantitative estimate of drug-likeness (QED) is 0.386. The van der Waals surface area contributed by atoms with Crippen molar-refractivity contribution in [2.75, 3.05) is 6.61 Å². The number of benzene rings is 1. The molecule has 0 saturated heterocycles. The summed E-state index contributed by atoms with van der Waals surface area (Å²) in [6, 6.07) is 2.52. The molecule has 0 amide bonds. The molecule has 0 radical (unpaired) electrons. The second-order valence-electron chi connectivity index (χ2n) is 2.56. The summed E-state index contributed by atoms with van der Waals surface area (Å²) in [5.74, 6) is -1.34. The second-order valence-corrected chi connectivity index (χ2v) is 2.56. The van der Waals surface area contributed by atoms with Gasteiger partial charge in [-0.25, -0.2) is 0 Å². The maximum atomic E-state index is 9.12. The standard InChI is InChI=1S/C9H11NO4/c1-2-14-10-5-6-3-7(11)9(13)8(12)4-6/h3-5,11-13H,2H2,1H3/b10-5+. The summed E-state index contributed by atoms with van der Waals surface area (Å²) in [6.45, 7) is 2.22. The molecule has 0 atom stereocenters. The van der Waals surface area contributed by atoms with Gasteiger partial charge in [0.25, 0.3) is 0 Å². The molecule has 3 N–H and O–H groups in total. The Morgan fingerprint density at radius 2 is 1.86 bits per heavy atom. The van der Waals surface area contributed by atoms with Gasteiger partial charge in [-0.3, -0.25) is 0 Å². The Labute approximate surface area is 80.9 Å². The van der Waals surface area contributed by atoms with Crippen molar-refractivity contribution in [3.8, 4) is 17.2 Å². The lowest BCUT2D eigenvalue weighted by Gasteiger charge is -2.01. The molecule has 0 heterocycles. The van der Waals surface area contributed by atoms with Crippen LogP contribution in [0.15, 0.2) is 17.3 Å². The van der Waals surface area contributed by atoms with Crippen molar-refractivity contribution in [3.05, 3.63) is 17.7 Å². The fourth-order valence-electron chi connectivity index (χ4n) is 0.873. The van der Waals surface area contributed by atoms with Crippen molar-refractivity contribution in [3.63, 3.8) is 0 Å². The van der Waals surface area contributed by atoms with Crippen LogP contribution in [0.3, 0.4) is 0 Å². The highest BCUT2D eigenvalue weighted by Gasteiger charge is 2.06. The summed E-state index contributed by atoms with van der Waals surface area (Å²) in [6.07, 6.45) is 1.32. The van der Waals surface area contributed by atoms with Crippen molar-refractivity contribution in [1.82, 2.24) is 0 Å². The Morgan fingerprint density at radius 1 is 1.29 bits per heavy atom. The second kappa shape index (κ2) is 4.36. The predicted octanol–water partition coefficient (Wildman–Crippen LogP) is 1.17. The summed E-state index contributed by atoms with van der Waals surface area (Å²) in [7, 11) is 0. The van der Waals surface area contributed by atoms with E-state index in [2.05, 4.69) is 5.16 Å². The van der Waals surface area contributed by atoms with E-state index in [1.807, 2.05) is 0 Å². The van der Waals surface area contributed by atoms with E-state index < -0.39 is 17.2 Å². The Morgan fingerprint density at radius 3 is 2.36 bits per heavy atom. The van der Waals surface area contributed by atoms with Crippen LogP contribution in [0.5, 0.6) is 17.2 Å².